The van der Waals surface area contributed by atoms with Gasteiger partial charge in [-0.15, -0.1) is 0 Å². The van der Waals surface area contributed by atoms with Crippen LogP contribution in [0.1, 0.15) is 49.3 Å². The maximum Gasteiger partial charge on any atom is 0.357 e. The van der Waals surface area contributed by atoms with Crippen molar-refractivity contribution in [2.75, 3.05) is 5.32 Å². The van der Waals surface area contributed by atoms with Gasteiger partial charge in [0.2, 0.25) is 0 Å². The second-order valence-electron chi connectivity index (χ2n) is 6.72. The number of hydrogen-bond acceptors (Lipinski definition) is 6. The van der Waals surface area contributed by atoms with Crippen molar-refractivity contribution in [3.05, 3.63) is 94.8 Å². The molecule has 1 aliphatic carbocycles. The Morgan fingerprint density at radius 3 is 2.17 bits per heavy atom. The zero-order valence-corrected chi connectivity index (χ0v) is 15.9. The van der Waals surface area contributed by atoms with E-state index >= 15 is 0 Å². The molecule has 0 spiro atoms. The van der Waals surface area contributed by atoms with E-state index < -0.39 is 18.0 Å². The van der Waals surface area contributed by atoms with Crippen molar-refractivity contribution < 1.29 is 23.9 Å². The molecule has 0 saturated heterocycles. The highest BCUT2D eigenvalue weighted by Gasteiger charge is 2.29. The topological polar surface area (TPSA) is 102 Å². The fourth-order valence-corrected chi connectivity index (χ4v) is 3.18. The average Bonchev–Trinajstić information content (AvgIpc) is 2.78. The number of nitrogens with zero attached hydrogens (tertiary/aromatic N) is 1. The molecule has 1 unspecified atom stereocenters. The van der Waals surface area contributed by atoms with Crippen LogP contribution < -0.4 is 5.32 Å². The van der Waals surface area contributed by atoms with Gasteiger partial charge < -0.3 is 10.1 Å². The van der Waals surface area contributed by atoms with E-state index in [9.17, 15) is 19.2 Å². The predicted octanol–water partition coefficient (Wildman–Crippen LogP) is 3.04. The molecule has 30 heavy (non-hydrogen) atoms. The first-order valence-electron chi connectivity index (χ1n) is 9.21. The number of rotatable bonds is 4. The number of carbonyl (C=O) groups is 4. The van der Waals surface area contributed by atoms with Crippen molar-refractivity contribution >= 4 is 29.1 Å². The highest BCUT2D eigenvalue weighted by atomic mass is 16.5. The van der Waals surface area contributed by atoms with Crippen molar-refractivity contribution in [1.82, 2.24) is 4.98 Å². The second kappa shape index (κ2) is 7.71. The Hall–Kier alpha value is -4.13. The summed E-state index contributed by atoms with van der Waals surface area (Å²) in [7, 11) is 0. The molecule has 0 aliphatic heterocycles. The molecule has 7 nitrogen and oxygen atoms in total. The number of ketones is 2. The van der Waals surface area contributed by atoms with Crippen LogP contribution in [0, 0.1) is 0 Å². The Kier molecular flexibility index (Phi) is 4.93. The summed E-state index contributed by atoms with van der Waals surface area (Å²) < 4.78 is 5.13. The van der Waals surface area contributed by atoms with E-state index in [4.69, 9.17) is 4.74 Å². The molecule has 3 aromatic rings. The molecule has 4 rings (SSSR count). The summed E-state index contributed by atoms with van der Waals surface area (Å²) in [6.07, 6.45) is 0.360. The van der Waals surface area contributed by atoms with Gasteiger partial charge in [-0.25, -0.2) is 9.78 Å². The molecule has 0 radical (unpaired) electrons. The molecule has 0 bridgehead atoms. The van der Waals surface area contributed by atoms with E-state index in [0.717, 1.165) is 0 Å². The van der Waals surface area contributed by atoms with Crippen LogP contribution in [0.5, 0.6) is 0 Å². The van der Waals surface area contributed by atoms with Crippen molar-refractivity contribution in [2.24, 2.45) is 0 Å². The van der Waals surface area contributed by atoms with Gasteiger partial charge in [-0.3, -0.25) is 14.4 Å². The quantitative estimate of drug-likeness (QED) is 0.528. The van der Waals surface area contributed by atoms with Crippen LogP contribution in [0.3, 0.4) is 0 Å². The lowest BCUT2D eigenvalue weighted by Crippen LogP contribution is -2.30. The summed E-state index contributed by atoms with van der Waals surface area (Å²) in [5, 5.41) is 2.61. The van der Waals surface area contributed by atoms with Gasteiger partial charge in [0, 0.05) is 34.1 Å². The number of carbonyl (C=O) groups excluding carboxylic acids is 4. The Morgan fingerprint density at radius 1 is 0.867 bits per heavy atom. The third-order valence-electron chi connectivity index (χ3n) is 4.72. The first kappa shape index (κ1) is 19.2. The van der Waals surface area contributed by atoms with Crippen molar-refractivity contribution in [3.8, 4) is 0 Å². The summed E-state index contributed by atoms with van der Waals surface area (Å²) in [6, 6.07) is 15.9. The van der Waals surface area contributed by atoms with Crippen LogP contribution in [-0.4, -0.2) is 34.5 Å². The first-order valence-corrected chi connectivity index (χ1v) is 9.21. The smallest absolute Gasteiger partial charge is 0.357 e. The normalized spacial score (nSPS) is 13.1. The molecule has 1 amide bonds. The van der Waals surface area contributed by atoms with Crippen LogP contribution in [0.15, 0.2) is 66.9 Å². The fourth-order valence-electron chi connectivity index (χ4n) is 3.18. The van der Waals surface area contributed by atoms with E-state index in [-0.39, 0.29) is 28.4 Å². The van der Waals surface area contributed by atoms with Gasteiger partial charge in [0.05, 0.1) is 0 Å². The molecule has 2 aromatic carbocycles. The summed E-state index contributed by atoms with van der Waals surface area (Å²) in [5.41, 5.74) is 1.60. The van der Waals surface area contributed by atoms with Crippen molar-refractivity contribution in [3.63, 3.8) is 0 Å². The molecule has 1 aromatic heterocycles. The van der Waals surface area contributed by atoms with Crippen molar-refractivity contribution in [1.29, 1.82) is 0 Å². The molecule has 148 valence electrons. The number of esters is 1. The van der Waals surface area contributed by atoms with Crippen LogP contribution in [0.25, 0.3) is 0 Å². The Balaban J connectivity index is 1.51. The van der Waals surface area contributed by atoms with Gasteiger partial charge in [0.25, 0.3) is 5.91 Å². The molecule has 7 heteroatoms. The third-order valence-corrected chi connectivity index (χ3v) is 4.72. The lowest BCUT2D eigenvalue weighted by Gasteiger charge is -2.19. The van der Waals surface area contributed by atoms with Gasteiger partial charge in [-0.2, -0.15) is 0 Å². The Labute approximate surface area is 171 Å². The van der Waals surface area contributed by atoms with E-state index in [0.29, 0.717) is 16.8 Å². The Bertz CT molecular complexity index is 1190. The van der Waals surface area contributed by atoms with E-state index in [1.165, 1.54) is 37.4 Å². The lowest BCUT2D eigenvalue weighted by molar-refractivity contribution is -0.123. The van der Waals surface area contributed by atoms with Crippen LogP contribution in [0.2, 0.25) is 0 Å². The van der Waals surface area contributed by atoms with Gasteiger partial charge in [0.1, 0.15) is 5.69 Å². The molecule has 1 aliphatic rings. The number of amides is 1. The maximum atomic E-state index is 12.8. The van der Waals surface area contributed by atoms with Gasteiger partial charge in [0.15, 0.2) is 17.7 Å². The number of nitrogens with one attached hydrogen (secondary N) is 1. The highest BCUT2D eigenvalue weighted by Crippen LogP contribution is 2.29. The summed E-state index contributed by atoms with van der Waals surface area (Å²) >= 11 is 0. The monoisotopic (exact) mass is 400 g/mol. The number of aromatic nitrogens is 1. The number of hydrogen-bond donors (Lipinski definition) is 1. The summed E-state index contributed by atoms with van der Waals surface area (Å²) in [5.74, 6) is -1.82. The number of fused-ring (bicyclic) bond motifs is 2. The molecule has 0 saturated carbocycles. The number of benzene rings is 2. The SMILES string of the molecule is CC(OC(=O)c1ccccn1)C(=O)Nc1ccc2c(c1)C(=O)c1ccccc1C2=O. The minimum atomic E-state index is -1.09. The zero-order valence-electron chi connectivity index (χ0n) is 15.9. The predicted molar refractivity (Wildman–Crippen MR) is 107 cm³/mol. The third kappa shape index (κ3) is 3.48. The highest BCUT2D eigenvalue weighted by molar-refractivity contribution is 6.28. The Morgan fingerprint density at radius 2 is 1.50 bits per heavy atom. The fraction of sp³-hybridized carbons (Fsp3) is 0.0870. The number of ether oxygens (including phenoxy) is 1. The standard InChI is InChI=1S/C23H16N2O5/c1-13(30-23(29)19-8-4-5-11-24-19)22(28)25-14-9-10-17-18(12-14)21(27)16-7-3-2-6-15(16)20(17)26/h2-13H,1H3,(H,25,28). The minimum Gasteiger partial charge on any atom is -0.448 e. The van der Waals surface area contributed by atoms with Crippen molar-refractivity contribution in [2.45, 2.75) is 13.0 Å². The van der Waals surface area contributed by atoms with Crippen LogP contribution in [-0.2, 0) is 9.53 Å². The zero-order chi connectivity index (χ0) is 21.3. The largest absolute Gasteiger partial charge is 0.448 e. The molecule has 1 heterocycles. The molecule has 1 atom stereocenters. The lowest BCUT2D eigenvalue weighted by atomic mass is 9.84. The van der Waals surface area contributed by atoms with Gasteiger partial charge >= 0.3 is 5.97 Å². The maximum absolute atomic E-state index is 12.8. The summed E-state index contributed by atoms with van der Waals surface area (Å²) in [4.78, 5) is 53.8. The van der Waals surface area contributed by atoms with E-state index in [1.807, 2.05) is 0 Å². The molecule has 0 fully saturated rings. The minimum absolute atomic E-state index is 0.0914. The number of pyridine rings is 1. The van der Waals surface area contributed by atoms with E-state index in [1.54, 1.807) is 36.4 Å². The van der Waals surface area contributed by atoms with Gasteiger partial charge in [-0.1, -0.05) is 30.3 Å². The second-order valence-corrected chi connectivity index (χ2v) is 6.72. The molecular formula is C23H16N2O5. The summed E-state index contributed by atoms with van der Waals surface area (Å²) in [6.45, 7) is 1.43. The number of anilines is 1. The van der Waals surface area contributed by atoms with Crippen LogP contribution in [0.4, 0.5) is 5.69 Å². The van der Waals surface area contributed by atoms with Crippen LogP contribution >= 0.6 is 0 Å². The van der Waals surface area contributed by atoms with Gasteiger partial charge in [-0.05, 0) is 37.3 Å². The molecule has 1 N–H and O–H groups in total. The first-order chi connectivity index (χ1) is 14.5. The average molecular weight is 400 g/mol. The van der Waals surface area contributed by atoms with E-state index in [2.05, 4.69) is 10.3 Å². The molecular weight excluding hydrogens is 384 g/mol.